The largest absolute Gasteiger partial charge is 0.0616 e. The van der Waals surface area contributed by atoms with Gasteiger partial charge in [-0.2, -0.15) is 0 Å². The van der Waals surface area contributed by atoms with Gasteiger partial charge in [-0.1, -0.05) is 115 Å². The fourth-order valence-corrected chi connectivity index (χ4v) is 5.36. The van der Waals surface area contributed by atoms with Gasteiger partial charge in [-0.3, -0.25) is 0 Å². The van der Waals surface area contributed by atoms with Gasteiger partial charge >= 0.3 is 0 Å². The van der Waals surface area contributed by atoms with Gasteiger partial charge in [0.25, 0.3) is 0 Å². The smallest absolute Gasteiger partial charge is 0.00988 e. The minimum absolute atomic E-state index is 1.26. The van der Waals surface area contributed by atoms with Gasteiger partial charge in [-0.25, -0.2) is 0 Å². The molecule has 7 aromatic rings. The topological polar surface area (TPSA) is 0 Å². The van der Waals surface area contributed by atoms with E-state index in [-0.39, 0.29) is 0 Å². The normalized spacial score (nSPS) is 11.5. The average Bonchev–Trinajstić information content (AvgIpc) is 2.90. The van der Waals surface area contributed by atoms with E-state index in [9.17, 15) is 0 Å². The lowest BCUT2D eigenvalue weighted by Crippen LogP contribution is -1.86. The highest BCUT2D eigenvalue weighted by atomic mass is 14.1. The lowest BCUT2D eigenvalue weighted by atomic mass is 9.91. The SMILES string of the molecule is c1ccc2c(-c3ccc4cc5c(-c6cccc7ccccc67)cccc5cc4c3)cccc2c1. The second-order valence-corrected chi connectivity index (χ2v) is 8.99. The van der Waals surface area contributed by atoms with Gasteiger partial charge in [0.2, 0.25) is 0 Å². The third-order valence-corrected chi connectivity index (χ3v) is 7.02. The van der Waals surface area contributed by atoms with Crippen molar-refractivity contribution in [2.75, 3.05) is 0 Å². The monoisotopic (exact) mass is 430 g/mol. The first-order valence-electron chi connectivity index (χ1n) is 11.8. The Morgan fingerprint density at radius 1 is 0.265 bits per heavy atom. The lowest BCUT2D eigenvalue weighted by Gasteiger charge is -2.13. The van der Waals surface area contributed by atoms with Crippen molar-refractivity contribution in [3.8, 4) is 22.3 Å². The number of benzene rings is 7. The summed E-state index contributed by atoms with van der Waals surface area (Å²) in [5, 5.41) is 10.2. The van der Waals surface area contributed by atoms with Crippen LogP contribution in [0, 0.1) is 0 Å². The molecule has 0 saturated heterocycles. The summed E-state index contributed by atoms with van der Waals surface area (Å²) in [4.78, 5) is 0. The molecule has 0 bridgehead atoms. The predicted octanol–water partition coefficient (Wildman–Crippen LogP) is 9.63. The molecule has 0 unspecified atom stereocenters. The Hall–Kier alpha value is -4.42. The second kappa shape index (κ2) is 7.57. The van der Waals surface area contributed by atoms with Gasteiger partial charge in [0, 0.05) is 0 Å². The number of fused-ring (bicyclic) bond motifs is 4. The summed E-state index contributed by atoms with van der Waals surface area (Å²) in [6.45, 7) is 0. The van der Waals surface area contributed by atoms with Crippen LogP contribution in [0.1, 0.15) is 0 Å². The molecular formula is C34H22. The highest BCUT2D eigenvalue weighted by Crippen LogP contribution is 2.37. The standard InChI is InChI=1S/C34H22/c1-3-13-29-23(8-1)10-5-15-31(29)27-19-18-25-22-34-26(20-28(25)21-27)12-7-17-33(34)32-16-6-11-24-9-2-4-14-30(24)32/h1-22H. The van der Waals surface area contributed by atoms with E-state index < -0.39 is 0 Å². The van der Waals surface area contributed by atoms with Gasteiger partial charge in [-0.05, 0) is 83.5 Å². The molecule has 0 radical (unpaired) electrons. The Bertz CT molecular complexity index is 1850. The van der Waals surface area contributed by atoms with Crippen molar-refractivity contribution in [1.29, 1.82) is 0 Å². The molecule has 0 amide bonds. The van der Waals surface area contributed by atoms with Gasteiger partial charge in [0.15, 0.2) is 0 Å². The molecule has 34 heavy (non-hydrogen) atoms. The Labute approximate surface area is 198 Å². The molecule has 0 heteroatoms. The number of rotatable bonds is 2. The Balaban J connectivity index is 1.44. The molecule has 0 spiro atoms. The zero-order chi connectivity index (χ0) is 22.5. The van der Waals surface area contributed by atoms with Crippen LogP contribution in [-0.2, 0) is 0 Å². The molecule has 0 aliphatic rings. The van der Waals surface area contributed by atoms with Crippen molar-refractivity contribution in [2.45, 2.75) is 0 Å². The van der Waals surface area contributed by atoms with E-state index in [1.165, 1.54) is 65.3 Å². The lowest BCUT2D eigenvalue weighted by molar-refractivity contribution is 1.68. The average molecular weight is 431 g/mol. The summed E-state index contributed by atoms with van der Waals surface area (Å²) >= 11 is 0. The highest BCUT2D eigenvalue weighted by molar-refractivity contribution is 6.10. The van der Waals surface area contributed by atoms with Crippen molar-refractivity contribution in [3.05, 3.63) is 133 Å². The van der Waals surface area contributed by atoms with E-state index in [1.807, 2.05) is 0 Å². The first-order chi connectivity index (χ1) is 16.8. The molecule has 0 aromatic heterocycles. The van der Waals surface area contributed by atoms with Crippen molar-refractivity contribution >= 4 is 43.1 Å². The molecule has 0 atom stereocenters. The maximum absolute atomic E-state index is 2.36. The van der Waals surface area contributed by atoms with E-state index in [4.69, 9.17) is 0 Å². The molecule has 7 aromatic carbocycles. The van der Waals surface area contributed by atoms with E-state index in [0.29, 0.717) is 0 Å². The molecule has 0 heterocycles. The molecule has 0 fully saturated rings. The Morgan fingerprint density at radius 3 is 1.56 bits per heavy atom. The fraction of sp³-hybridized carbons (Fsp3) is 0. The van der Waals surface area contributed by atoms with Gasteiger partial charge < -0.3 is 0 Å². The molecule has 0 aliphatic heterocycles. The van der Waals surface area contributed by atoms with Crippen LogP contribution in [0.25, 0.3) is 65.3 Å². The molecule has 7 rings (SSSR count). The van der Waals surface area contributed by atoms with Crippen molar-refractivity contribution < 1.29 is 0 Å². The van der Waals surface area contributed by atoms with Crippen LogP contribution >= 0.6 is 0 Å². The quantitative estimate of drug-likeness (QED) is 0.239. The zero-order valence-electron chi connectivity index (χ0n) is 18.7. The molecule has 0 aliphatic carbocycles. The maximum atomic E-state index is 2.36. The van der Waals surface area contributed by atoms with Crippen LogP contribution < -0.4 is 0 Å². The van der Waals surface area contributed by atoms with E-state index in [1.54, 1.807) is 0 Å². The highest BCUT2D eigenvalue weighted by Gasteiger charge is 2.10. The number of hydrogen-bond donors (Lipinski definition) is 0. The minimum atomic E-state index is 1.26. The number of hydrogen-bond acceptors (Lipinski definition) is 0. The maximum Gasteiger partial charge on any atom is -0.00988 e. The van der Waals surface area contributed by atoms with Gasteiger partial charge in [0.05, 0.1) is 0 Å². The first-order valence-corrected chi connectivity index (χ1v) is 11.8. The van der Waals surface area contributed by atoms with Crippen molar-refractivity contribution in [2.24, 2.45) is 0 Å². The van der Waals surface area contributed by atoms with Crippen LogP contribution in [0.2, 0.25) is 0 Å². The van der Waals surface area contributed by atoms with Gasteiger partial charge in [0.1, 0.15) is 0 Å². The van der Waals surface area contributed by atoms with Crippen LogP contribution in [0.5, 0.6) is 0 Å². The summed E-state index contributed by atoms with van der Waals surface area (Å²) in [6.07, 6.45) is 0. The van der Waals surface area contributed by atoms with Crippen molar-refractivity contribution in [3.63, 3.8) is 0 Å². The molecule has 0 N–H and O–H groups in total. The summed E-state index contributed by atoms with van der Waals surface area (Å²) < 4.78 is 0. The van der Waals surface area contributed by atoms with Crippen LogP contribution in [0.3, 0.4) is 0 Å². The Kier molecular flexibility index (Phi) is 4.25. The van der Waals surface area contributed by atoms with E-state index >= 15 is 0 Å². The molecular weight excluding hydrogens is 408 g/mol. The first kappa shape index (κ1) is 19.1. The summed E-state index contributed by atoms with van der Waals surface area (Å²) in [7, 11) is 0. The molecule has 0 saturated carbocycles. The fourth-order valence-electron chi connectivity index (χ4n) is 5.36. The Morgan fingerprint density at radius 2 is 0.824 bits per heavy atom. The third kappa shape index (κ3) is 3.00. The van der Waals surface area contributed by atoms with Crippen LogP contribution in [0.15, 0.2) is 133 Å². The molecule has 0 nitrogen and oxygen atoms in total. The van der Waals surface area contributed by atoms with E-state index in [0.717, 1.165) is 0 Å². The van der Waals surface area contributed by atoms with Crippen LogP contribution in [-0.4, -0.2) is 0 Å². The van der Waals surface area contributed by atoms with Gasteiger partial charge in [-0.15, -0.1) is 0 Å². The predicted molar refractivity (Wildman–Crippen MR) is 147 cm³/mol. The minimum Gasteiger partial charge on any atom is -0.0616 e. The molecule has 158 valence electrons. The summed E-state index contributed by atoms with van der Waals surface area (Å²) in [6, 6.07) is 48.6. The zero-order valence-corrected chi connectivity index (χ0v) is 18.7. The second-order valence-electron chi connectivity index (χ2n) is 8.99. The van der Waals surface area contributed by atoms with Crippen molar-refractivity contribution in [1.82, 2.24) is 0 Å². The third-order valence-electron chi connectivity index (χ3n) is 7.02. The van der Waals surface area contributed by atoms with E-state index in [2.05, 4.69) is 133 Å². The summed E-state index contributed by atoms with van der Waals surface area (Å²) in [5.74, 6) is 0. The summed E-state index contributed by atoms with van der Waals surface area (Å²) in [5.41, 5.74) is 5.11. The van der Waals surface area contributed by atoms with Crippen LogP contribution in [0.4, 0.5) is 0 Å².